The maximum atomic E-state index is 12.3. The van der Waals surface area contributed by atoms with Gasteiger partial charge in [0, 0.05) is 24.8 Å². The molecule has 0 bridgehead atoms. The van der Waals surface area contributed by atoms with Crippen LogP contribution < -0.4 is 4.72 Å². The SMILES string of the molecule is CCn1cc(S(=O)(=O)NC2CCN(C(C)C)CC2)cn1. The molecule has 0 spiro atoms. The summed E-state index contributed by atoms with van der Waals surface area (Å²) >= 11 is 0. The number of rotatable bonds is 5. The van der Waals surface area contributed by atoms with Crippen LogP contribution >= 0.6 is 0 Å². The second-order valence-electron chi connectivity index (χ2n) is 5.56. The van der Waals surface area contributed by atoms with E-state index in [-0.39, 0.29) is 10.9 Å². The first-order chi connectivity index (χ1) is 9.42. The Kier molecular flexibility index (Phi) is 4.82. The third-order valence-electron chi connectivity index (χ3n) is 3.83. The molecule has 2 heterocycles. The van der Waals surface area contributed by atoms with E-state index in [9.17, 15) is 8.42 Å². The van der Waals surface area contributed by atoms with Crippen molar-refractivity contribution in [3.05, 3.63) is 12.4 Å². The highest BCUT2D eigenvalue weighted by molar-refractivity contribution is 7.89. The number of piperidine rings is 1. The molecule has 0 amide bonds. The van der Waals surface area contributed by atoms with E-state index in [1.165, 1.54) is 6.20 Å². The zero-order valence-electron chi connectivity index (χ0n) is 12.4. The van der Waals surface area contributed by atoms with Gasteiger partial charge in [0.25, 0.3) is 0 Å². The van der Waals surface area contributed by atoms with Crippen molar-refractivity contribution in [2.75, 3.05) is 13.1 Å². The number of hydrogen-bond acceptors (Lipinski definition) is 4. The first-order valence-electron chi connectivity index (χ1n) is 7.21. The summed E-state index contributed by atoms with van der Waals surface area (Å²) in [4.78, 5) is 2.63. The average molecular weight is 300 g/mol. The Hall–Kier alpha value is -0.920. The molecule has 1 aliphatic heterocycles. The number of likely N-dealkylation sites (tertiary alicyclic amines) is 1. The van der Waals surface area contributed by atoms with Gasteiger partial charge < -0.3 is 4.90 Å². The summed E-state index contributed by atoms with van der Waals surface area (Å²) in [6.45, 7) is 8.83. The van der Waals surface area contributed by atoms with Gasteiger partial charge in [0.2, 0.25) is 10.0 Å². The average Bonchev–Trinajstić information content (AvgIpc) is 2.88. The van der Waals surface area contributed by atoms with E-state index in [1.54, 1.807) is 10.9 Å². The third kappa shape index (κ3) is 3.59. The fraction of sp³-hybridized carbons (Fsp3) is 0.769. The Morgan fingerprint density at radius 3 is 2.55 bits per heavy atom. The number of sulfonamides is 1. The lowest BCUT2D eigenvalue weighted by molar-refractivity contribution is 0.168. The molecule has 7 heteroatoms. The van der Waals surface area contributed by atoms with Crippen LogP contribution in [0.4, 0.5) is 0 Å². The molecule has 1 aromatic rings. The van der Waals surface area contributed by atoms with Crippen molar-refractivity contribution in [3.8, 4) is 0 Å². The molecule has 114 valence electrons. The lowest BCUT2D eigenvalue weighted by Crippen LogP contribution is -2.46. The van der Waals surface area contributed by atoms with Crippen molar-refractivity contribution in [3.63, 3.8) is 0 Å². The van der Waals surface area contributed by atoms with Gasteiger partial charge in [-0.15, -0.1) is 0 Å². The predicted octanol–water partition coefficient (Wildman–Crippen LogP) is 1.05. The van der Waals surface area contributed by atoms with Gasteiger partial charge in [-0.3, -0.25) is 4.68 Å². The largest absolute Gasteiger partial charge is 0.301 e. The zero-order valence-corrected chi connectivity index (χ0v) is 13.2. The van der Waals surface area contributed by atoms with Crippen LogP contribution in [-0.2, 0) is 16.6 Å². The Morgan fingerprint density at radius 1 is 1.40 bits per heavy atom. The van der Waals surface area contributed by atoms with Crippen LogP contribution in [0, 0.1) is 0 Å². The van der Waals surface area contributed by atoms with E-state index in [4.69, 9.17) is 0 Å². The van der Waals surface area contributed by atoms with Crippen LogP contribution in [0.15, 0.2) is 17.3 Å². The molecule has 0 unspecified atom stereocenters. The monoisotopic (exact) mass is 300 g/mol. The Bertz CT molecular complexity index is 530. The van der Waals surface area contributed by atoms with Crippen molar-refractivity contribution >= 4 is 10.0 Å². The third-order valence-corrected chi connectivity index (χ3v) is 5.30. The van der Waals surface area contributed by atoms with Crippen molar-refractivity contribution in [2.24, 2.45) is 0 Å². The summed E-state index contributed by atoms with van der Waals surface area (Å²) in [6, 6.07) is 0.551. The van der Waals surface area contributed by atoms with E-state index >= 15 is 0 Å². The van der Waals surface area contributed by atoms with Crippen molar-refractivity contribution < 1.29 is 8.42 Å². The van der Waals surface area contributed by atoms with Crippen LogP contribution in [0.5, 0.6) is 0 Å². The van der Waals surface area contributed by atoms with Crippen molar-refractivity contribution in [2.45, 2.75) is 57.1 Å². The molecule has 0 radical (unpaired) electrons. The van der Waals surface area contributed by atoms with E-state index in [1.807, 2.05) is 6.92 Å². The minimum atomic E-state index is -3.44. The highest BCUT2D eigenvalue weighted by atomic mass is 32.2. The van der Waals surface area contributed by atoms with Crippen molar-refractivity contribution in [1.29, 1.82) is 0 Å². The number of nitrogens with one attached hydrogen (secondary N) is 1. The van der Waals surface area contributed by atoms with Crippen LogP contribution in [0.2, 0.25) is 0 Å². The molecule has 1 aromatic heterocycles. The lowest BCUT2D eigenvalue weighted by atomic mass is 10.1. The standard InChI is InChI=1S/C13H24N4O2S/c1-4-17-10-13(9-14-17)20(18,19)15-12-5-7-16(8-6-12)11(2)3/h9-12,15H,4-8H2,1-3H3. The molecule has 0 atom stereocenters. The first-order valence-corrected chi connectivity index (χ1v) is 8.69. The zero-order chi connectivity index (χ0) is 14.8. The van der Waals surface area contributed by atoms with Crippen LogP contribution in [-0.4, -0.2) is 48.3 Å². The number of aryl methyl sites for hydroxylation is 1. The summed E-state index contributed by atoms with van der Waals surface area (Å²) in [7, 11) is -3.44. The maximum absolute atomic E-state index is 12.3. The highest BCUT2D eigenvalue weighted by Crippen LogP contribution is 2.16. The van der Waals surface area contributed by atoms with Gasteiger partial charge in [-0.05, 0) is 46.7 Å². The fourth-order valence-corrected chi connectivity index (χ4v) is 3.73. The van der Waals surface area contributed by atoms with E-state index in [0.29, 0.717) is 12.6 Å². The topological polar surface area (TPSA) is 67.2 Å². The maximum Gasteiger partial charge on any atom is 0.243 e. The molecule has 0 aliphatic carbocycles. The first kappa shape index (κ1) is 15.5. The van der Waals surface area contributed by atoms with Crippen molar-refractivity contribution in [1.82, 2.24) is 19.4 Å². The quantitative estimate of drug-likeness (QED) is 0.883. The highest BCUT2D eigenvalue weighted by Gasteiger charge is 2.26. The van der Waals surface area contributed by atoms with Crippen LogP contribution in [0.25, 0.3) is 0 Å². The fourth-order valence-electron chi connectivity index (χ4n) is 2.48. The molecule has 20 heavy (non-hydrogen) atoms. The molecule has 2 rings (SSSR count). The van der Waals surface area contributed by atoms with E-state index in [2.05, 4.69) is 28.6 Å². The second-order valence-corrected chi connectivity index (χ2v) is 7.27. The number of hydrogen-bond donors (Lipinski definition) is 1. The number of nitrogens with zero attached hydrogens (tertiary/aromatic N) is 3. The Labute approximate surface area is 121 Å². The predicted molar refractivity (Wildman–Crippen MR) is 78.0 cm³/mol. The minimum Gasteiger partial charge on any atom is -0.301 e. The van der Waals surface area contributed by atoms with Gasteiger partial charge in [-0.25, -0.2) is 13.1 Å². The van der Waals surface area contributed by atoms with Gasteiger partial charge in [0.05, 0.1) is 6.20 Å². The summed E-state index contributed by atoms with van der Waals surface area (Å²) in [6.07, 6.45) is 4.71. The Balaban J connectivity index is 1.96. The van der Waals surface area contributed by atoms with Gasteiger partial charge in [0.15, 0.2) is 0 Å². The van der Waals surface area contributed by atoms with Gasteiger partial charge in [0.1, 0.15) is 4.90 Å². The van der Waals surface area contributed by atoms with Gasteiger partial charge in [-0.2, -0.15) is 5.10 Å². The summed E-state index contributed by atoms with van der Waals surface area (Å²) in [5, 5.41) is 4.02. The normalized spacial score (nSPS) is 18.8. The lowest BCUT2D eigenvalue weighted by Gasteiger charge is -2.34. The Morgan fingerprint density at radius 2 is 2.05 bits per heavy atom. The van der Waals surface area contributed by atoms with Crippen LogP contribution in [0.3, 0.4) is 0 Å². The molecule has 0 saturated carbocycles. The smallest absolute Gasteiger partial charge is 0.243 e. The molecule has 1 fully saturated rings. The molecule has 1 saturated heterocycles. The van der Waals surface area contributed by atoms with E-state index < -0.39 is 10.0 Å². The molecular weight excluding hydrogens is 276 g/mol. The summed E-state index contributed by atoms with van der Waals surface area (Å²) in [5.74, 6) is 0. The molecule has 1 N–H and O–H groups in total. The second kappa shape index (κ2) is 6.24. The summed E-state index contributed by atoms with van der Waals surface area (Å²) < 4.78 is 29.0. The minimum absolute atomic E-state index is 0.0278. The molecule has 0 aromatic carbocycles. The summed E-state index contributed by atoms with van der Waals surface area (Å²) in [5.41, 5.74) is 0. The molecule has 6 nitrogen and oxygen atoms in total. The molecule has 1 aliphatic rings. The molecular formula is C13H24N4O2S. The van der Waals surface area contributed by atoms with Gasteiger partial charge >= 0.3 is 0 Å². The van der Waals surface area contributed by atoms with Crippen LogP contribution in [0.1, 0.15) is 33.6 Å². The number of aromatic nitrogens is 2. The van der Waals surface area contributed by atoms with Gasteiger partial charge in [-0.1, -0.05) is 0 Å². The van der Waals surface area contributed by atoms with E-state index in [0.717, 1.165) is 25.9 Å².